The summed E-state index contributed by atoms with van der Waals surface area (Å²) < 4.78 is 0. The lowest BCUT2D eigenvalue weighted by Gasteiger charge is -2.50. The normalized spacial score (nSPS) is 18.5. The van der Waals surface area contributed by atoms with Gasteiger partial charge in [0.05, 0.1) is 11.4 Å². The number of nitrogens with one attached hydrogen (secondary N) is 1. The number of halogens is 2. The van der Waals surface area contributed by atoms with Crippen LogP contribution in [0.15, 0.2) is 83.9 Å². The van der Waals surface area contributed by atoms with Crippen LogP contribution in [0.4, 0.5) is 17.1 Å². The van der Waals surface area contributed by atoms with Crippen LogP contribution in [-0.4, -0.2) is 48.9 Å². The lowest BCUT2D eigenvalue weighted by Crippen LogP contribution is -2.62. The first-order valence-electron chi connectivity index (χ1n) is 14.5. The molecule has 0 aromatic heterocycles. The van der Waals surface area contributed by atoms with Crippen molar-refractivity contribution in [3.63, 3.8) is 0 Å². The Morgan fingerprint density at radius 1 is 0.854 bits per heavy atom. The molecule has 0 radical (unpaired) electrons. The number of nitrogens with zero attached hydrogens (tertiary/aromatic N) is 4. The largest absolute Gasteiger partial charge is 0.396 e. The van der Waals surface area contributed by atoms with Crippen LogP contribution >= 0.6 is 24.0 Å². The monoisotopic (exact) mass is 597 g/mol. The maximum atomic E-state index is 9.89. The van der Waals surface area contributed by atoms with Crippen molar-refractivity contribution in [1.82, 2.24) is 5.32 Å². The summed E-state index contributed by atoms with van der Waals surface area (Å²) in [6.45, 7) is 1.41. The molecule has 1 atom stereocenters. The molecule has 0 bridgehead atoms. The van der Waals surface area contributed by atoms with Gasteiger partial charge in [0.1, 0.15) is 6.34 Å². The predicted molar refractivity (Wildman–Crippen MR) is 172 cm³/mol. The van der Waals surface area contributed by atoms with E-state index < -0.39 is 5.79 Å². The van der Waals surface area contributed by atoms with Crippen LogP contribution in [0.1, 0.15) is 50.5 Å². The first-order chi connectivity index (χ1) is 19.7. The van der Waals surface area contributed by atoms with Gasteiger partial charge in [0.15, 0.2) is 0 Å². The molecule has 5 rings (SSSR count). The summed E-state index contributed by atoms with van der Waals surface area (Å²) in [5.41, 5.74) is 3.96. The fourth-order valence-electron chi connectivity index (χ4n) is 5.89. The van der Waals surface area contributed by atoms with Gasteiger partial charge in [0, 0.05) is 48.6 Å². The Labute approximate surface area is 254 Å². The summed E-state index contributed by atoms with van der Waals surface area (Å²) in [4.78, 5) is 7.65. The lowest BCUT2D eigenvalue weighted by atomic mass is 9.92. The van der Waals surface area contributed by atoms with Crippen LogP contribution in [0, 0.1) is 0 Å². The van der Waals surface area contributed by atoms with Crippen LogP contribution < -0.4 is 20.2 Å². The number of hydrogen-bond donors (Lipinski definition) is 3. The highest BCUT2D eigenvalue weighted by Crippen LogP contribution is 2.43. The number of anilines is 3. The zero-order chi connectivity index (χ0) is 27.8. The molecule has 9 heteroatoms. The molecule has 0 saturated heterocycles. The maximum Gasteiger partial charge on any atom is 0.218 e. The standard InChI is InChI=1S/C32H40ClN5O2.ClH/c33-26-18-19-31-30(24-26)32(35-27-12-4-1-5-13-27,36(20-10-22-39)28-14-6-2-7-15-28)34-25-38(31)37(21-11-23-40)29-16-8-3-9-17-29;/h2-3,6-9,14-19,24-25,27,35,39-40H,1,4-5,10-13,20-23H2;1H. The molecular formula is C32H41Cl2N5O2. The van der Waals surface area contributed by atoms with Gasteiger partial charge in [-0.2, -0.15) is 0 Å². The molecule has 1 aliphatic carbocycles. The highest BCUT2D eigenvalue weighted by Gasteiger charge is 2.45. The molecule has 1 fully saturated rings. The third kappa shape index (κ3) is 6.99. The number of fused-ring (bicyclic) bond motifs is 1. The number of hydrogen-bond acceptors (Lipinski definition) is 7. The third-order valence-corrected chi connectivity index (χ3v) is 8.02. The number of para-hydroxylation sites is 2. The van der Waals surface area contributed by atoms with Gasteiger partial charge in [-0.1, -0.05) is 67.3 Å². The number of aliphatic hydroxyl groups is 2. The second-order valence-corrected chi connectivity index (χ2v) is 10.9. The zero-order valence-corrected chi connectivity index (χ0v) is 25.0. The molecule has 1 unspecified atom stereocenters. The van der Waals surface area contributed by atoms with E-state index >= 15 is 0 Å². The number of aliphatic hydroxyl groups excluding tert-OH is 2. The summed E-state index contributed by atoms with van der Waals surface area (Å²) >= 11 is 6.73. The second-order valence-electron chi connectivity index (χ2n) is 10.5. The molecule has 0 amide bonds. The molecule has 3 aromatic carbocycles. The van der Waals surface area contributed by atoms with Gasteiger partial charge in [-0.3, -0.25) is 10.3 Å². The molecule has 1 heterocycles. The fraction of sp³-hybridized carbons (Fsp3) is 0.406. The summed E-state index contributed by atoms with van der Waals surface area (Å²) in [5, 5.41) is 28.5. The number of rotatable bonds is 12. The minimum Gasteiger partial charge on any atom is -0.396 e. The summed E-state index contributed by atoms with van der Waals surface area (Å²) in [5.74, 6) is -0.922. The van der Waals surface area contributed by atoms with Crippen LogP contribution in [-0.2, 0) is 5.79 Å². The van der Waals surface area contributed by atoms with Gasteiger partial charge < -0.3 is 15.1 Å². The van der Waals surface area contributed by atoms with Gasteiger partial charge in [-0.25, -0.2) is 10.0 Å². The van der Waals surface area contributed by atoms with Crippen molar-refractivity contribution in [3.05, 3.63) is 89.4 Å². The minimum absolute atomic E-state index is 0. The first-order valence-corrected chi connectivity index (χ1v) is 14.8. The first kappa shape index (κ1) is 31.1. The van der Waals surface area contributed by atoms with E-state index in [1.807, 2.05) is 54.9 Å². The Morgan fingerprint density at radius 3 is 2.15 bits per heavy atom. The third-order valence-electron chi connectivity index (χ3n) is 7.79. The van der Waals surface area contributed by atoms with Gasteiger partial charge in [-0.15, -0.1) is 12.4 Å². The Morgan fingerprint density at radius 2 is 1.49 bits per heavy atom. The number of aliphatic imine (C=N–C) groups is 1. The molecule has 0 spiro atoms. The minimum atomic E-state index is -0.922. The van der Waals surface area contributed by atoms with Crippen LogP contribution in [0.5, 0.6) is 0 Å². The van der Waals surface area contributed by atoms with Crippen molar-refractivity contribution < 1.29 is 10.2 Å². The molecule has 2 aliphatic rings. The van der Waals surface area contributed by atoms with Gasteiger partial charge >= 0.3 is 0 Å². The van der Waals surface area contributed by atoms with Crippen molar-refractivity contribution in [1.29, 1.82) is 0 Å². The molecular weight excluding hydrogens is 557 g/mol. The van der Waals surface area contributed by atoms with E-state index in [1.165, 1.54) is 19.3 Å². The molecule has 1 aliphatic heterocycles. The number of benzene rings is 3. The smallest absolute Gasteiger partial charge is 0.218 e. The van der Waals surface area contributed by atoms with Crippen molar-refractivity contribution in [2.24, 2.45) is 4.99 Å². The molecule has 220 valence electrons. The maximum absolute atomic E-state index is 9.89. The summed E-state index contributed by atoms with van der Waals surface area (Å²) in [7, 11) is 0. The zero-order valence-electron chi connectivity index (χ0n) is 23.4. The van der Waals surface area contributed by atoms with Crippen LogP contribution in [0.3, 0.4) is 0 Å². The van der Waals surface area contributed by atoms with Gasteiger partial charge in [-0.05, 0) is 68.1 Å². The van der Waals surface area contributed by atoms with E-state index in [0.717, 1.165) is 35.5 Å². The van der Waals surface area contributed by atoms with E-state index in [9.17, 15) is 10.2 Å². The van der Waals surface area contributed by atoms with Crippen LogP contribution in [0.25, 0.3) is 0 Å². The highest BCUT2D eigenvalue weighted by molar-refractivity contribution is 6.30. The summed E-state index contributed by atoms with van der Waals surface area (Å²) in [6, 6.07) is 26.8. The highest BCUT2D eigenvalue weighted by atomic mass is 35.5. The van der Waals surface area contributed by atoms with Crippen molar-refractivity contribution in [2.75, 3.05) is 41.2 Å². The molecule has 3 aromatic rings. The number of hydrazine groups is 1. The molecule has 1 saturated carbocycles. The summed E-state index contributed by atoms with van der Waals surface area (Å²) in [6.07, 6.45) is 8.94. The van der Waals surface area contributed by atoms with E-state index in [2.05, 4.69) is 50.6 Å². The van der Waals surface area contributed by atoms with Crippen molar-refractivity contribution in [2.45, 2.75) is 56.8 Å². The van der Waals surface area contributed by atoms with Crippen molar-refractivity contribution >= 4 is 47.4 Å². The average molecular weight is 599 g/mol. The van der Waals surface area contributed by atoms with Gasteiger partial charge in [0.2, 0.25) is 5.79 Å². The Kier molecular flexibility index (Phi) is 11.3. The van der Waals surface area contributed by atoms with Crippen molar-refractivity contribution in [3.8, 4) is 0 Å². The van der Waals surface area contributed by atoms with Gasteiger partial charge in [0.25, 0.3) is 0 Å². The quantitative estimate of drug-likeness (QED) is 0.212. The Bertz CT molecular complexity index is 1240. The topological polar surface area (TPSA) is 74.6 Å². The molecule has 3 N–H and O–H groups in total. The fourth-order valence-corrected chi connectivity index (χ4v) is 6.06. The SMILES string of the molecule is Cl.OCCCN(c1ccccc1)N1C=NC(NC2CCCCC2)(N(CCCO)c2ccccc2)c2cc(Cl)ccc21. The average Bonchev–Trinajstić information content (AvgIpc) is 3.00. The van der Waals surface area contributed by atoms with E-state index in [4.69, 9.17) is 16.6 Å². The lowest BCUT2D eigenvalue weighted by molar-refractivity contribution is 0.234. The molecule has 7 nitrogen and oxygen atoms in total. The molecule has 41 heavy (non-hydrogen) atoms. The Balaban J connectivity index is 0.00000387. The predicted octanol–water partition coefficient (Wildman–Crippen LogP) is 6.34. The Hall–Kier alpha value is -2.81. The van der Waals surface area contributed by atoms with Crippen LogP contribution in [0.2, 0.25) is 5.02 Å². The van der Waals surface area contributed by atoms with E-state index in [-0.39, 0.29) is 25.6 Å². The van der Waals surface area contributed by atoms with E-state index in [1.54, 1.807) is 0 Å². The van der Waals surface area contributed by atoms with E-state index in [0.29, 0.717) is 37.0 Å². The second kappa shape index (κ2) is 14.9.